The largest absolute Gasteiger partial charge is 0.411 e. The summed E-state index contributed by atoms with van der Waals surface area (Å²) < 4.78 is 52.5. The Balaban J connectivity index is 1.83. The van der Waals surface area contributed by atoms with Gasteiger partial charge in [-0.3, -0.25) is 0 Å². The minimum atomic E-state index is -4.25. The second-order valence-corrected chi connectivity index (χ2v) is 5.57. The second-order valence-electron chi connectivity index (χ2n) is 5.57. The number of ether oxygens (including phenoxy) is 3. The molecule has 0 aromatic rings. The van der Waals surface area contributed by atoms with E-state index >= 15 is 0 Å². The van der Waals surface area contributed by atoms with Crippen molar-refractivity contribution in [2.45, 2.75) is 51.0 Å². The van der Waals surface area contributed by atoms with Crippen molar-refractivity contribution < 1.29 is 27.4 Å². The van der Waals surface area contributed by atoms with Gasteiger partial charge in [-0.1, -0.05) is 6.92 Å². The lowest BCUT2D eigenvalue weighted by atomic mass is 9.71. The molecule has 0 bridgehead atoms. The van der Waals surface area contributed by atoms with Crippen molar-refractivity contribution in [2.24, 2.45) is 5.41 Å². The Morgan fingerprint density at radius 1 is 1.05 bits per heavy atom. The zero-order chi connectivity index (χ0) is 14.0. The lowest BCUT2D eigenvalue weighted by Crippen LogP contribution is -2.42. The number of rotatable bonds is 4. The van der Waals surface area contributed by atoms with Crippen molar-refractivity contribution >= 4 is 0 Å². The molecular weight excluding hydrogens is 261 g/mol. The molecule has 2 aliphatic rings. The second kappa shape index (κ2) is 5.58. The molecule has 19 heavy (non-hydrogen) atoms. The maximum absolute atomic E-state index is 12.1. The van der Waals surface area contributed by atoms with Gasteiger partial charge in [0.1, 0.15) is 6.61 Å². The summed E-state index contributed by atoms with van der Waals surface area (Å²) in [5, 5.41) is 0. The predicted octanol–water partition coefficient (Wildman–Crippen LogP) is 3.28. The zero-order valence-electron chi connectivity index (χ0n) is 11.2. The van der Waals surface area contributed by atoms with Crippen LogP contribution in [0.5, 0.6) is 0 Å². The molecule has 112 valence electrons. The molecular formula is C13H21F3O3. The average molecular weight is 282 g/mol. The molecule has 1 aliphatic carbocycles. The van der Waals surface area contributed by atoms with Crippen LogP contribution in [-0.2, 0) is 14.2 Å². The van der Waals surface area contributed by atoms with Crippen LogP contribution < -0.4 is 0 Å². The van der Waals surface area contributed by atoms with Crippen LogP contribution in [0.4, 0.5) is 13.2 Å². The van der Waals surface area contributed by atoms with Gasteiger partial charge in [-0.05, 0) is 24.7 Å². The summed E-state index contributed by atoms with van der Waals surface area (Å²) >= 11 is 0. The van der Waals surface area contributed by atoms with Gasteiger partial charge in [0.2, 0.25) is 0 Å². The van der Waals surface area contributed by atoms with E-state index in [0.29, 0.717) is 13.2 Å². The molecule has 1 spiro atoms. The van der Waals surface area contributed by atoms with Crippen molar-refractivity contribution in [2.75, 3.05) is 26.4 Å². The number of halogens is 3. The maximum Gasteiger partial charge on any atom is 0.411 e. The van der Waals surface area contributed by atoms with Gasteiger partial charge in [-0.15, -0.1) is 0 Å². The van der Waals surface area contributed by atoms with Crippen molar-refractivity contribution in [3.8, 4) is 0 Å². The van der Waals surface area contributed by atoms with Crippen molar-refractivity contribution in [1.29, 1.82) is 0 Å². The van der Waals surface area contributed by atoms with Crippen molar-refractivity contribution in [1.82, 2.24) is 0 Å². The summed E-state index contributed by atoms with van der Waals surface area (Å²) in [6, 6.07) is 0. The first kappa shape index (κ1) is 15.1. The van der Waals surface area contributed by atoms with Gasteiger partial charge >= 0.3 is 6.18 Å². The molecule has 1 heterocycles. The summed E-state index contributed by atoms with van der Waals surface area (Å²) in [5.74, 6) is -0.470. The molecule has 1 saturated heterocycles. The fourth-order valence-electron chi connectivity index (χ4n) is 2.93. The smallest absolute Gasteiger partial charge is 0.371 e. The number of alkyl halides is 3. The Labute approximate surface area is 111 Å². The van der Waals surface area contributed by atoms with E-state index in [1.165, 1.54) is 0 Å². The zero-order valence-corrected chi connectivity index (χ0v) is 11.2. The van der Waals surface area contributed by atoms with Crippen LogP contribution >= 0.6 is 0 Å². The molecule has 0 N–H and O–H groups in total. The third-order valence-electron chi connectivity index (χ3n) is 4.31. The van der Waals surface area contributed by atoms with Gasteiger partial charge in [-0.2, -0.15) is 13.2 Å². The van der Waals surface area contributed by atoms with Crippen molar-refractivity contribution in [3.05, 3.63) is 0 Å². The predicted molar refractivity (Wildman–Crippen MR) is 62.7 cm³/mol. The molecule has 2 rings (SSSR count). The van der Waals surface area contributed by atoms with Crippen LogP contribution in [-0.4, -0.2) is 38.4 Å². The Morgan fingerprint density at radius 3 is 2.11 bits per heavy atom. The van der Waals surface area contributed by atoms with Gasteiger partial charge in [0, 0.05) is 12.8 Å². The molecule has 0 radical (unpaired) electrons. The molecule has 0 atom stereocenters. The third-order valence-corrected chi connectivity index (χ3v) is 4.31. The van der Waals surface area contributed by atoms with Crippen LogP contribution in [0, 0.1) is 5.41 Å². The standard InChI is InChI=1S/C13H21F3O3/c1-2-11(9-17-10-13(14,15)16)3-5-12(6-4-11)18-7-8-19-12/h2-10H2,1H3. The minimum Gasteiger partial charge on any atom is -0.371 e. The van der Waals surface area contributed by atoms with E-state index in [1.807, 2.05) is 6.92 Å². The van der Waals surface area contributed by atoms with E-state index < -0.39 is 18.6 Å². The molecule has 3 nitrogen and oxygen atoms in total. The first-order valence-corrected chi connectivity index (χ1v) is 6.81. The minimum absolute atomic E-state index is 0.161. The fourth-order valence-corrected chi connectivity index (χ4v) is 2.93. The lowest BCUT2D eigenvalue weighted by Gasteiger charge is -2.43. The number of hydrogen-bond acceptors (Lipinski definition) is 3. The van der Waals surface area contributed by atoms with E-state index in [2.05, 4.69) is 0 Å². The summed E-state index contributed by atoms with van der Waals surface area (Å²) in [5.41, 5.74) is -0.161. The third kappa shape index (κ3) is 3.83. The molecule has 0 aromatic carbocycles. The molecule has 0 amide bonds. The Hall–Kier alpha value is -0.330. The molecule has 0 unspecified atom stereocenters. The molecule has 0 aromatic heterocycles. The van der Waals surface area contributed by atoms with Gasteiger partial charge < -0.3 is 14.2 Å². The summed E-state index contributed by atoms with van der Waals surface area (Å²) in [7, 11) is 0. The fraction of sp³-hybridized carbons (Fsp3) is 1.00. The quantitative estimate of drug-likeness (QED) is 0.792. The highest BCUT2D eigenvalue weighted by Crippen LogP contribution is 2.46. The van der Waals surface area contributed by atoms with Gasteiger partial charge in [-0.25, -0.2) is 0 Å². The van der Waals surface area contributed by atoms with Crippen molar-refractivity contribution in [3.63, 3.8) is 0 Å². The topological polar surface area (TPSA) is 27.7 Å². The van der Waals surface area contributed by atoms with E-state index in [0.717, 1.165) is 32.1 Å². The van der Waals surface area contributed by atoms with E-state index in [4.69, 9.17) is 14.2 Å². The van der Waals surface area contributed by atoms with E-state index in [-0.39, 0.29) is 12.0 Å². The Kier molecular flexibility index (Phi) is 4.42. The summed E-state index contributed by atoms with van der Waals surface area (Å²) in [6.07, 6.45) is -0.349. The van der Waals surface area contributed by atoms with Crippen LogP contribution in [0.15, 0.2) is 0 Å². The SMILES string of the molecule is CCC1(COCC(F)(F)F)CCC2(CC1)OCCO2. The van der Waals surface area contributed by atoms with Gasteiger partial charge in [0.15, 0.2) is 5.79 Å². The molecule has 1 aliphatic heterocycles. The highest BCUT2D eigenvalue weighted by Gasteiger charge is 2.45. The molecule has 1 saturated carbocycles. The molecule has 2 fully saturated rings. The normalized spacial score (nSPS) is 25.9. The van der Waals surface area contributed by atoms with E-state index in [9.17, 15) is 13.2 Å². The van der Waals surface area contributed by atoms with Gasteiger partial charge in [0.05, 0.1) is 19.8 Å². The maximum atomic E-state index is 12.1. The summed E-state index contributed by atoms with van der Waals surface area (Å²) in [6.45, 7) is 2.24. The number of hydrogen-bond donors (Lipinski definition) is 0. The Bertz CT molecular complexity index is 288. The first-order chi connectivity index (χ1) is 8.89. The van der Waals surface area contributed by atoms with Crippen LogP contribution in [0.1, 0.15) is 39.0 Å². The highest BCUT2D eigenvalue weighted by atomic mass is 19.4. The molecule has 6 heteroatoms. The van der Waals surface area contributed by atoms with Gasteiger partial charge in [0.25, 0.3) is 0 Å². The average Bonchev–Trinajstić information content (AvgIpc) is 2.80. The van der Waals surface area contributed by atoms with Crippen LogP contribution in [0.3, 0.4) is 0 Å². The Morgan fingerprint density at radius 2 is 1.63 bits per heavy atom. The van der Waals surface area contributed by atoms with E-state index in [1.54, 1.807) is 0 Å². The van der Waals surface area contributed by atoms with Crippen LogP contribution in [0.25, 0.3) is 0 Å². The van der Waals surface area contributed by atoms with Crippen LogP contribution in [0.2, 0.25) is 0 Å². The lowest BCUT2D eigenvalue weighted by molar-refractivity contribution is -0.208. The first-order valence-electron chi connectivity index (χ1n) is 6.81. The highest BCUT2D eigenvalue weighted by molar-refractivity contribution is 4.90. The summed E-state index contributed by atoms with van der Waals surface area (Å²) in [4.78, 5) is 0. The monoisotopic (exact) mass is 282 g/mol.